The number of rotatable bonds is 3. The standard InChI is InChI=1S/C13H18F3N3/c1-12(5-3-6-17-8-12)9-19-11-10(13(14,15)16)4-2-7-18-11/h2,4,7,17H,3,5-6,8-9H2,1H3,(H,18,19). The maximum atomic E-state index is 12.8. The number of nitrogens with one attached hydrogen (secondary N) is 2. The van der Waals surface area contributed by atoms with Crippen LogP contribution in [-0.4, -0.2) is 24.6 Å². The molecule has 1 aromatic rings. The molecule has 0 saturated carbocycles. The predicted molar refractivity (Wildman–Crippen MR) is 67.9 cm³/mol. The summed E-state index contributed by atoms with van der Waals surface area (Å²) in [6, 6.07) is 2.36. The van der Waals surface area contributed by atoms with Gasteiger partial charge in [-0.2, -0.15) is 13.2 Å². The quantitative estimate of drug-likeness (QED) is 0.889. The second-order valence-corrected chi connectivity index (χ2v) is 5.34. The van der Waals surface area contributed by atoms with Gasteiger partial charge in [0.2, 0.25) is 0 Å². The molecule has 0 bridgehead atoms. The number of alkyl halides is 3. The molecule has 0 spiro atoms. The fourth-order valence-electron chi connectivity index (χ4n) is 2.34. The van der Waals surface area contributed by atoms with Gasteiger partial charge in [-0.3, -0.25) is 0 Å². The zero-order valence-corrected chi connectivity index (χ0v) is 10.8. The van der Waals surface area contributed by atoms with Crippen LogP contribution in [0.15, 0.2) is 18.3 Å². The molecule has 0 aromatic carbocycles. The van der Waals surface area contributed by atoms with E-state index < -0.39 is 11.7 Å². The molecule has 6 heteroatoms. The molecule has 19 heavy (non-hydrogen) atoms. The van der Waals surface area contributed by atoms with Gasteiger partial charge in [-0.15, -0.1) is 0 Å². The van der Waals surface area contributed by atoms with E-state index in [4.69, 9.17) is 0 Å². The summed E-state index contributed by atoms with van der Waals surface area (Å²) < 4.78 is 38.5. The van der Waals surface area contributed by atoms with Crippen LogP contribution in [0.25, 0.3) is 0 Å². The van der Waals surface area contributed by atoms with Crippen LogP contribution in [0.5, 0.6) is 0 Å². The van der Waals surface area contributed by atoms with Gasteiger partial charge in [0.25, 0.3) is 0 Å². The van der Waals surface area contributed by atoms with Crippen LogP contribution in [0.2, 0.25) is 0 Å². The fraction of sp³-hybridized carbons (Fsp3) is 0.615. The third-order valence-electron chi connectivity index (χ3n) is 3.48. The van der Waals surface area contributed by atoms with Gasteiger partial charge in [0, 0.05) is 19.3 Å². The van der Waals surface area contributed by atoms with Crippen LogP contribution >= 0.6 is 0 Å². The van der Waals surface area contributed by atoms with Crippen molar-refractivity contribution in [3.05, 3.63) is 23.9 Å². The Bertz CT molecular complexity index is 425. The second-order valence-electron chi connectivity index (χ2n) is 5.34. The van der Waals surface area contributed by atoms with E-state index in [1.54, 1.807) is 0 Å². The Labute approximate surface area is 110 Å². The molecular formula is C13H18F3N3. The minimum Gasteiger partial charge on any atom is -0.369 e. The first-order valence-corrected chi connectivity index (χ1v) is 6.38. The predicted octanol–water partition coefficient (Wildman–Crippen LogP) is 2.90. The zero-order chi connectivity index (χ0) is 13.9. The Kier molecular flexibility index (Phi) is 3.99. The summed E-state index contributed by atoms with van der Waals surface area (Å²) in [6.07, 6.45) is -0.949. The first-order chi connectivity index (χ1) is 8.91. The molecule has 0 radical (unpaired) electrons. The molecule has 106 valence electrons. The van der Waals surface area contributed by atoms with Gasteiger partial charge in [-0.1, -0.05) is 6.92 Å². The Hall–Kier alpha value is -1.30. The van der Waals surface area contributed by atoms with E-state index in [1.807, 2.05) is 0 Å². The van der Waals surface area contributed by atoms with E-state index in [2.05, 4.69) is 22.5 Å². The fourth-order valence-corrected chi connectivity index (χ4v) is 2.34. The summed E-state index contributed by atoms with van der Waals surface area (Å²) in [5, 5.41) is 6.13. The van der Waals surface area contributed by atoms with E-state index in [1.165, 1.54) is 12.3 Å². The molecule has 1 aliphatic heterocycles. The lowest BCUT2D eigenvalue weighted by atomic mass is 9.83. The second kappa shape index (κ2) is 5.36. The third-order valence-corrected chi connectivity index (χ3v) is 3.48. The largest absolute Gasteiger partial charge is 0.419 e. The number of pyridine rings is 1. The maximum absolute atomic E-state index is 12.8. The van der Waals surface area contributed by atoms with Crippen molar-refractivity contribution in [2.24, 2.45) is 5.41 Å². The smallest absolute Gasteiger partial charge is 0.369 e. The number of hydrogen-bond acceptors (Lipinski definition) is 3. The minimum absolute atomic E-state index is 0.0291. The van der Waals surface area contributed by atoms with Crippen molar-refractivity contribution in [1.29, 1.82) is 0 Å². The van der Waals surface area contributed by atoms with Gasteiger partial charge in [-0.25, -0.2) is 4.98 Å². The highest BCUT2D eigenvalue weighted by molar-refractivity contribution is 5.45. The number of hydrogen-bond donors (Lipinski definition) is 2. The summed E-state index contributed by atoms with van der Waals surface area (Å²) in [4.78, 5) is 3.81. The average molecular weight is 273 g/mol. The van der Waals surface area contributed by atoms with Crippen molar-refractivity contribution in [1.82, 2.24) is 10.3 Å². The molecule has 1 unspecified atom stereocenters. The molecule has 2 rings (SSSR count). The lowest BCUT2D eigenvalue weighted by Crippen LogP contribution is -2.42. The van der Waals surface area contributed by atoms with Gasteiger partial charge in [0.05, 0.1) is 5.56 Å². The molecule has 1 fully saturated rings. The van der Waals surface area contributed by atoms with E-state index in [0.717, 1.165) is 32.0 Å². The monoisotopic (exact) mass is 273 g/mol. The SMILES string of the molecule is CC1(CNc2ncccc2C(F)(F)F)CCCNC1. The van der Waals surface area contributed by atoms with Crippen molar-refractivity contribution in [3.63, 3.8) is 0 Å². The molecule has 1 aliphatic rings. The molecule has 0 amide bonds. The van der Waals surface area contributed by atoms with Crippen molar-refractivity contribution in [2.45, 2.75) is 25.9 Å². The van der Waals surface area contributed by atoms with Crippen LogP contribution in [0.4, 0.5) is 19.0 Å². The molecule has 1 saturated heterocycles. The molecule has 1 atom stereocenters. The van der Waals surface area contributed by atoms with Crippen molar-refractivity contribution in [2.75, 3.05) is 25.0 Å². The van der Waals surface area contributed by atoms with E-state index in [9.17, 15) is 13.2 Å². The Morgan fingerprint density at radius 2 is 2.26 bits per heavy atom. The van der Waals surface area contributed by atoms with Gasteiger partial charge < -0.3 is 10.6 Å². The number of piperidine rings is 1. The topological polar surface area (TPSA) is 37.0 Å². The van der Waals surface area contributed by atoms with Gasteiger partial charge >= 0.3 is 6.18 Å². The van der Waals surface area contributed by atoms with Crippen molar-refractivity contribution >= 4 is 5.82 Å². The van der Waals surface area contributed by atoms with Crippen LogP contribution < -0.4 is 10.6 Å². The first kappa shape index (κ1) is 14.1. The Morgan fingerprint density at radius 1 is 1.47 bits per heavy atom. The van der Waals surface area contributed by atoms with E-state index in [0.29, 0.717) is 6.54 Å². The molecule has 3 nitrogen and oxygen atoms in total. The van der Waals surface area contributed by atoms with Crippen LogP contribution in [-0.2, 0) is 6.18 Å². The van der Waals surface area contributed by atoms with Gasteiger partial charge in [0.15, 0.2) is 0 Å². The normalized spacial score (nSPS) is 24.2. The van der Waals surface area contributed by atoms with Crippen LogP contribution in [0.3, 0.4) is 0 Å². The van der Waals surface area contributed by atoms with E-state index in [-0.39, 0.29) is 11.2 Å². The number of nitrogens with zero attached hydrogens (tertiary/aromatic N) is 1. The van der Waals surface area contributed by atoms with E-state index >= 15 is 0 Å². The van der Waals surface area contributed by atoms with Crippen LogP contribution in [0, 0.1) is 5.41 Å². The van der Waals surface area contributed by atoms with Crippen molar-refractivity contribution < 1.29 is 13.2 Å². The molecule has 0 aliphatic carbocycles. The van der Waals surface area contributed by atoms with Gasteiger partial charge in [-0.05, 0) is 36.9 Å². The third kappa shape index (κ3) is 3.59. The summed E-state index contributed by atoms with van der Waals surface area (Å²) >= 11 is 0. The summed E-state index contributed by atoms with van der Waals surface area (Å²) in [5.41, 5.74) is -0.735. The highest BCUT2D eigenvalue weighted by Crippen LogP contribution is 2.34. The summed E-state index contributed by atoms with van der Waals surface area (Å²) in [6.45, 7) is 4.35. The number of aromatic nitrogens is 1. The number of anilines is 1. The molecular weight excluding hydrogens is 255 g/mol. The van der Waals surface area contributed by atoms with Crippen LogP contribution in [0.1, 0.15) is 25.3 Å². The Morgan fingerprint density at radius 3 is 2.89 bits per heavy atom. The first-order valence-electron chi connectivity index (χ1n) is 6.38. The summed E-state index contributed by atoms with van der Waals surface area (Å²) in [7, 11) is 0. The van der Waals surface area contributed by atoms with Gasteiger partial charge in [0.1, 0.15) is 5.82 Å². The molecule has 2 N–H and O–H groups in total. The molecule has 2 heterocycles. The Balaban J connectivity index is 2.07. The summed E-state index contributed by atoms with van der Waals surface area (Å²) in [5.74, 6) is -0.0817. The molecule has 1 aromatic heterocycles. The van der Waals surface area contributed by atoms with Crippen molar-refractivity contribution in [3.8, 4) is 0 Å². The zero-order valence-electron chi connectivity index (χ0n) is 10.8. The maximum Gasteiger partial charge on any atom is 0.419 e. The lowest BCUT2D eigenvalue weighted by Gasteiger charge is -2.34. The highest BCUT2D eigenvalue weighted by Gasteiger charge is 2.35. The lowest BCUT2D eigenvalue weighted by molar-refractivity contribution is -0.137. The highest BCUT2D eigenvalue weighted by atomic mass is 19.4. The number of halogens is 3. The average Bonchev–Trinajstić information content (AvgIpc) is 2.37. The minimum atomic E-state index is -4.37.